The van der Waals surface area contributed by atoms with Gasteiger partial charge in [-0.05, 0) is 43.2 Å². The molecule has 10 heteroatoms. The number of alkyl halides is 2. The van der Waals surface area contributed by atoms with Crippen molar-refractivity contribution >= 4 is 11.3 Å². The van der Waals surface area contributed by atoms with Gasteiger partial charge in [0.15, 0.2) is 5.82 Å². The van der Waals surface area contributed by atoms with Gasteiger partial charge in [0.25, 0.3) is 6.43 Å². The quantitative estimate of drug-likeness (QED) is 0.395. The standard InChI is InChI=1S/C21H20F2N6OS/c1-12(2)17-6-7-18(31-17)15-5-9-20(27-26-15)30-11-16-13(3)25-28-29(16)19-8-4-14(10-24-19)21(22)23/h4-10,12,21H,11H2,1-3H3. The number of aromatic nitrogens is 6. The normalized spacial score (nSPS) is 11.5. The van der Waals surface area contributed by atoms with Crippen molar-refractivity contribution in [3.8, 4) is 22.3 Å². The smallest absolute Gasteiger partial charge is 0.265 e. The SMILES string of the molecule is Cc1nnn(-c2ccc(C(F)F)cn2)c1COc1ccc(-c2ccc(C(C)C)s2)nn1. The number of hydrogen-bond acceptors (Lipinski definition) is 7. The van der Waals surface area contributed by atoms with Crippen LogP contribution in [0.4, 0.5) is 8.78 Å². The number of pyridine rings is 1. The third kappa shape index (κ3) is 4.58. The molecule has 0 aliphatic rings. The van der Waals surface area contributed by atoms with Crippen LogP contribution in [0.1, 0.15) is 48.0 Å². The monoisotopic (exact) mass is 442 g/mol. The predicted molar refractivity (Wildman–Crippen MR) is 113 cm³/mol. The maximum atomic E-state index is 12.8. The average molecular weight is 442 g/mol. The van der Waals surface area contributed by atoms with Crippen molar-refractivity contribution in [2.24, 2.45) is 0 Å². The maximum Gasteiger partial charge on any atom is 0.265 e. The first-order valence-corrected chi connectivity index (χ1v) is 10.5. The first-order valence-electron chi connectivity index (χ1n) is 9.64. The number of rotatable bonds is 7. The van der Waals surface area contributed by atoms with E-state index < -0.39 is 6.43 Å². The Balaban J connectivity index is 1.47. The first-order chi connectivity index (χ1) is 14.9. The first kappa shape index (κ1) is 21.0. The van der Waals surface area contributed by atoms with Gasteiger partial charge in [0, 0.05) is 22.7 Å². The number of halogens is 2. The summed E-state index contributed by atoms with van der Waals surface area (Å²) in [5.41, 5.74) is 1.92. The van der Waals surface area contributed by atoms with E-state index >= 15 is 0 Å². The lowest BCUT2D eigenvalue weighted by molar-refractivity contribution is 0.151. The van der Waals surface area contributed by atoms with Crippen LogP contribution in [0.3, 0.4) is 0 Å². The molecule has 4 heterocycles. The molecule has 31 heavy (non-hydrogen) atoms. The molecular formula is C21H20F2N6OS. The van der Waals surface area contributed by atoms with Crippen LogP contribution in [0.2, 0.25) is 0 Å². The third-order valence-electron chi connectivity index (χ3n) is 4.64. The number of hydrogen-bond donors (Lipinski definition) is 0. The zero-order valence-corrected chi connectivity index (χ0v) is 18.0. The molecule has 0 aromatic carbocycles. The van der Waals surface area contributed by atoms with E-state index in [0.717, 1.165) is 16.8 Å². The second-order valence-electron chi connectivity index (χ2n) is 7.19. The summed E-state index contributed by atoms with van der Waals surface area (Å²) in [5, 5.41) is 16.5. The molecule has 4 aromatic rings. The molecule has 0 aliphatic heterocycles. The molecule has 0 saturated heterocycles. The molecule has 7 nitrogen and oxygen atoms in total. The Labute approximate surface area is 181 Å². The Morgan fingerprint density at radius 1 is 1.03 bits per heavy atom. The van der Waals surface area contributed by atoms with E-state index in [1.54, 1.807) is 24.3 Å². The molecule has 0 aliphatic carbocycles. The predicted octanol–water partition coefficient (Wildman–Crippen LogP) is 5.13. The molecule has 0 atom stereocenters. The minimum absolute atomic E-state index is 0.127. The summed E-state index contributed by atoms with van der Waals surface area (Å²) < 4.78 is 32.8. The van der Waals surface area contributed by atoms with Gasteiger partial charge in [-0.3, -0.25) is 0 Å². The summed E-state index contributed by atoms with van der Waals surface area (Å²) in [6, 6.07) is 10.6. The largest absolute Gasteiger partial charge is 0.470 e. The van der Waals surface area contributed by atoms with Crippen LogP contribution in [0.25, 0.3) is 16.4 Å². The highest BCUT2D eigenvalue weighted by Crippen LogP contribution is 2.31. The summed E-state index contributed by atoms with van der Waals surface area (Å²) in [6.45, 7) is 6.22. The van der Waals surface area contributed by atoms with Crippen LogP contribution in [-0.2, 0) is 6.61 Å². The lowest BCUT2D eigenvalue weighted by Gasteiger charge is -2.08. The molecule has 0 N–H and O–H groups in total. The highest BCUT2D eigenvalue weighted by molar-refractivity contribution is 7.15. The second kappa shape index (κ2) is 8.84. The zero-order valence-electron chi connectivity index (χ0n) is 17.2. The van der Waals surface area contributed by atoms with Crippen LogP contribution >= 0.6 is 11.3 Å². The van der Waals surface area contributed by atoms with Crippen molar-refractivity contribution in [2.45, 2.75) is 39.7 Å². The lowest BCUT2D eigenvalue weighted by atomic mass is 10.2. The van der Waals surface area contributed by atoms with E-state index in [-0.39, 0.29) is 12.2 Å². The molecule has 160 valence electrons. The Kier molecular flexibility index (Phi) is 5.99. The number of nitrogens with zero attached hydrogens (tertiary/aromatic N) is 6. The van der Waals surface area contributed by atoms with E-state index in [0.29, 0.717) is 29.0 Å². The van der Waals surface area contributed by atoms with Gasteiger partial charge in [0.2, 0.25) is 5.88 Å². The Hall–Kier alpha value is -3.27. The van der Waals surface area contributed by atoms with Crippen molar-refractivity contribution in [3.05, 3.63) is 64.4 Å². The summed E-state index contributed by atoms with van der Waals surface area (Å²) in [4.78, 5) is 6.41. The molecule has 0 radical (unpaired) electrons. The van der Waals surface area contributed by atoms with Gasteiger partial charge in [0.1, 0.15) is 18.0 Å². The van der Waals surface area contributed by atoms with Gasteiger partial charge >= 0.3 is 0 Å². The summed E-state index contributed by atoms with van der Waals surface area (Å²) in [6.07, 6.45) is -1.45. The van der Waals surface area contributed by atoms with E-state index in [4.69, 9.17) is 4.74 Å². The summed E-state index contributed by atoms with van der Waals surface area (Å²) in [5.74, 6) is 1.21. The number of thiophene rings is 1. The van der Waals surface area contributed by atoms with Crippen molar-refractivity contribution in [2.75, 3.05) is 0 Å². The van der Waals surface area contributed by atoms with E-state index in [9.17, 15) is 8.78 Å². The van der Waals surface area contributed by atoms with Gasteiger partial charge < -0.3 is 4.74 Å². The van der Waals surface area contributed by atoms with Crippen LogP contribution in [0.5, 0.6) is 5.88 Å². The number of ether oxygens (including phenoxy) is 1. The average Bonchev–Trinajstić information content (AvgIpc) is 3.40. The Morgan fingerprint density at radius 2 is 1.87 bits per heavy atom. The summed E-state index contributed by atoms with van der Waals surface area (Å²) >= 11 is 1.70. The molecule has 0 bridgehead atoms. The molecular weight excluding hydrogens is 422 g/mol. The van der Waals surface area contributed by atoms with Gasteiger partial charge in [-0.15, -0.1) is 26.6 Å². The van der Waals surface area contributed by atoms with E-state index in [1.807, 2.05) is 12.1 Å². The van der Waals surface area contributed by atoms with Crippen LogP contribution < -0.4 is 4.74 Å². The fourth-order valence-electron chi connectivity index (χ4n) is 2.85. The van der Waals surface area contributed by atoms with Crippen molar-refractivity contribution in [3.63, 3.8) is 0 Å². The molecule has 4 aromatic heterocycles. The molecule has 0 unspecified atom stereocenters. The number of aryl methyl sites for hydroxylation is 1. The second-order valence-corrected chi connectivity index (χ2v) is 8.30. The summed E-state index contributed by atoms with van der Waals surface area (Å²) in [7, 11) is 0. The van der Waals surface area contributed by atoms with Crippen LogP contribution in [0.15, 0.2) is 42.6 Å². The van der Waals surface area contributed by atoms with Crippen molar-refractivity contribution < 1.29 is 13.5 Å². The van der Waals surface area contributed by atoms with Gasteiger partial charge in [-0.2, -0.15) is 4.68 Å². The zero-order chi connectivity index (χ0) is 22.0. The van der Waals surface area contributed by atoms with E-state index in [1.165, 1.54) is 21.7 Å². The molecule has 0 amide bonds. The Morgan fingerprint density at radius 3 is 2.48 bits per heavy atom. The topological polar surface area (TPSA) is 78.6 Å². The molecule has 0 spiro atoms. The highest BCUT2D eigenvalue weighted by Gasteiger charge is 2.15. The Bertz CT molecular complexity index is 1160. The molecule has 0 fully saturated rings. The van der Waals surface area contributed by atoms with Gasteiger partial charge in [0.05, 0.1) is 10.6 Å². The van der Waals surface area contributed by atoms with Crippen LogP contribution in [-0.4, -0.2) is 30.2 Å². The van der Waals surface area contributed by atoms with Crippen LogP contribution in [0, 0.1) is 6.92 Å². The molecule has 0 saturated carbocycles. The fraction of sp³-hybridized carbons (Fsp3) is 0.286. The molecule has 4 rings (SSSR count). The van der Waals surface area contributed by atoms with Gasteiger partial charge in [-0.1, -0.05) is 19.1 Å². The maximum absolute atomic E-state index is 12.8. The van der Waals surface area contributed by atoms with Crippen molar-refractivity contribution in [1.29, 1.82) is 0 Å². The van der Waals surface area contributed by atoms with Crippen molar-refractivity contribution in [1.82, 2.24) is 30.2 Å². The minimum Gasteiger partial charge on any atom is -0.470 e. The lowest BCUT2D eigenvalue weighted by Crippen LogP contribution is -2.09. The fourth-order valence-corrected chi connectivity index (χ4v) is 3.83. The third-order valence-corrected chi connectivity index (χ3v) is 6.05. The van der Waals surface area contributed by atoms with E-state index in [2.05, 4.69) is 45.4 Å². The van der Waals surface area contributed by atoms with Gasteiger partial charge in [-0.25, -0.2) is 13.8 Å². The minimum atomic E-state index is -2.57. The highest BCUT2D eigenvalue weighted by atomic mass is 32.1.